The number of nitrogens with one attached hydrogen (secondary N) is 2. The van der Waals surface area contributed by atoms with Gasteiger partial charge in [-0.25, -0.2) is 0 Å². The first-order valence-electron chi connectivity index (χ1n) is 16.8. The van der Waals surface area contributed by atoms with Gasteiger partial charge < -0.3 is 19.8 Å². The number of anilines is 1. The Morgan fingerprint density at radius 3 is 2.02 bits per heavy atom. The van der Waals surface area contributed by atoms with E-state index in [1.807, 2.05) is 0 Å². The first-order chi connectivity index (χ1) is 24.2. The van der Waals surface area contributed by atoms with Gasteiger partial charge in [-0.05, 0) is 65.2 Å². The van der Waals surface area contributed by atoms with Crippen molar-refractivity contribution in [2.45, 2.75) is 12.3 Å². The summed E-state index contributed by atoms with van der Waals surface area (Å²) in [7, 11) is 0. The van der Waals surface area contributed by atoms with Gasteiger partial charge in [0.05, 0.1) is 22.1 Å². The minimum atomic E-state index is -0.0626. The van der Waals surface area contributed by atoms with Crippen LogP contribution in [0.15, 0.2) is 152 Å². The van der Waals surface area contributed by atoms with Gasteiger partial charge in [0.15, 0.2) is 0 Å². The van der Waals surface area contributed by atoms with Gasteiger partial charge >= 0.3 is 0 Å². The Morgan fingerprint density at radius 2 is 1.27 bits per heavy atom. The number of rotatable bonds is 4. The van der Waals surface area contributed by atoms with Gasteiger partial charge in [-0.3, -0.25) is 0 Å². The van der Waals surface area contributed by atoms with Crippen LogP contribution >= 0.6 is 22.9 Å². The van der Waals surface area contributed by atoms with Crippen molar-refractivity contribution in [2.75, 3.05) is 11.9 Å². The fourth-order valence-electron chi connectivity index (χ4n) is 7.85. The van der Waals surface area contributed by atoms with Crippen LogP contribution in [-0.4, -0.2) is 18.8 Å². The van der Waals surface area contributed by atoms with E-state index in [1.165, 1.54) is 71.7 Å². The fraction of sp³-hybridized carbons (Fsp3) is 0.0698. The molecule has 49 heavy (non-hydrogen) atoms. The molecule has 0 saturated carbocycles. The molecule has 2 unspecified atom stereocenters. The zero-order chi connectivity index (χ0) is 32.5. The molecule has 5 nitrogen and oxygen atoms in total. The van der Waals surface area contributed by atoms with E-state index in [1.54, 1.807) is 0 Å². The summed E-state index contributed by atoms with van der Waals surface area (Å²) < 4.78 is 7.35. The Kier molecular flexibility index (Phi) is 6.67. The predicted molar refractivity (Wildman–Crippen MR) is 213 cm³/mol. The highest BCUT2D eigenvalue weighted by Gasteiger charge is 2.33. The lowest BCUT2D eigenvalue weighted by molar-refractivity contribution is 0.258. The number of aromatic nitrogens is 2. The highest BCUT2D eigenvalue weighted by Crippen LogP contribution is 2.43. The van der Waals surface area contributed by atoms with E-state index in [9.17, 15) is 0 Å². The Hall–Kier alpha value is -5.31. The van der Waals surface area contributed by atoms with Crippen LogP contribution in [0.4, 0.5) is 5.69 Å². The van der Waals surface area contributed by atoms with Crippen LogP contribution in [0.5, 0.6) is 0 Å². The van der Waals surface area contributed by atoms with Gasteiger partial charge in [0, 0.05) is 68.0 Å². The minimum Gasteiger partial charge on any atom is -0.381 e. The molecular weight excluding hydrogens is 713 g/mol. The fourth-order valence-corrected chi connectivity index (χ4v) is 8.72. The lowest BCUT2D eigenvalue weighted by Gasteiger charge is -2.39. The largest absolute Gasteiger partial charge is 0.381 e. The van der Waals surface area contributed by atoms with Gasteiger partial charge in [-0.2, -0.15) is 3.11 Å². The van der Waals surface area contributed by atoms with Crippen LogP contribution in [-0.2, 0) is 0 Å². The van der Waals surface area contributed by atoms with E-state index in [0.717, 1.165) is 12.2 Å². The molecule has 2 atom stereocenters. The first-order valence-corrected chi connectivity index (χ1v) is 17.7. The van der Waals surface area contributed by atoms with Gasteiger partial charge in [0.2, 0.25) is 0 Å². The molecule has 236 valence electrons. The lowest BCUT2D eigenvalue weighted by atomic mass is 10.0. The number of para-hydroxylation sites is 3. The molecule has 2 aliphatic heterocycles. The van der Waals surface area contributed by atoms with Crippen molar-refractivity contribution >= 4 is 83.9 Å². The molecular formula is C43H32IN5. The van der Waals surface area contributed by atoms with Crippen molar-refractivity contribution in [3.05, 3.63) is 168 Å². The molecule has 8 aromatic rings. The quantitative estimate of drug-likeness (QED) is 0.139. The SMILES string of the molecule is IN1C(c2ccccc2)NC(c2ccc3c(c2)NCC=C3)=CC1n1c2ccccc2c2cc(-n3c4ccccc4c4ccccc43)ccc21. The van der Waals surface area contributed by atoms with Crippen molar-refractivity contribution in [1.82, 2.24) is 17.6 Å². The van der Waals surface area contributed by atoms with Crippen molar-refractivity contribution in [2.24, 2.45) is 0 Å². The molecule has 2 aromatic heterocycles. The van der Waals surface area contributed by atoms with E-state index in [2.05, 4.69) is 204 Å². The molecule has 6 aromatic carbocycles. The number of nitrogens with zero attached hydrogens (tertiary/aromatic N) is 3. The minimum absolute atomic E-state index is 0.0382. The van der Waals surface area contributed by atoms with Crippen LogP contribution in [0.1, 0.15) is 29.0 Å². The number of hydrogen-bond donors (Lipinski definition) is 2. The molecule has 0 amide bonds. The van der Waals surface area contributed by atoms with Crippen molar-refractivity contribution < 1.29 is 0 Å². The Labute approximate surface area is 298 Å². The summed E-state index contributed by atoms with van der Waals surface area (Å²) in [4.78, 5) is 0. The van der Waals surface area contributed by atoms with Gasteiger partial charge in [-0.15, -0.1) is 0 Å². The maximum atomic E-state index is 3.91. The van der Waals surface area contributed by atoms with Crippen molar-refractivity contribution in [3.63, 3.8) is 0 Å². The van der Waals surface area contributed by atoms with Crippen molar-refractivity contribution in [3.8, 4) is 5.69 Å². The molecule has 2 aliphatic rings. The molecule has 0 radical (unpaired) electrons. The number of benzene rings is 6. The second-order valence-electron chi connectivity index (χ2n) is 12.8. The van der Waals surface area contributed by atoms with Crippen LogP contribution < -0.4 is 10.6 Å². The zero-order valence-electron chi connectivity index (χ0n) is 26.6. The van der Waals surface area contributed by atoms with E-state index < -0.39 is 0 Å². The smallest absolute Gasteiger partial charge is 0.119 e. The first kappa shape index (κ1) is 28.7. The summed E-state index contributed by atoms with van der Waals surface area (Å²) in [5, 5.41) is 12.5. The number of hydrogen-bond acceptors (Lipinski definition) is 3. The average molecular weight is 746 g/mol. The predicted octanol–water partition coefficient (Wildman–Crippen LogP) is 10.8. The van der Waals surface area contributed by atoms with Crippen LogP contribution in [0.3, 0.4) is 0 Å². The highest BCUT2D eigenvalue weighted by atomic mass is 127. The second kappa shape index (κ2) is 11.4. The van der Waals surface area contributed by atoms with Crippen LogP contribution in [0, 0.1) is 0 Å². The number of fused-ring (bicyclic) bond motifs is 7. The van der Waals surface area contributed by atoms with Crippen LogP contribution in [0.25, 0.3) is 61.1 Å². The monoisotopic (exact) mass is 745 g/mol. The molecule has 0 bridgehead atoms. The molecule has 0 aliphatic carbocycles. The van der Waals surface area contributed by atoms with Crippen molar-refractivity contribution in [1.29, 1.82) is 0 Å². The van der Waals surface area contributed by atoms with E-state index in [-0.39, 0.29) is 12.3 Å². The van der Waals surface area contributed by atoms with E-state index in [0.29, 0.717) is 0 Å². The Morgan fingerprint density at radius 1 is 0.612 bits per heavy atom. The summed E-state index contributed by atoms with van der Waals surface area (Å²) in [6.07, 6.45) is 6.66. The summed E-state index contributed by atoms with van der Waals surface area (Å²) in [5.74, 6) is 0. The average Bonchev–Trinajstić information content (AvgIpc) is 3.68. The lowest BCUT2D eigenvalue weighted by Crippen LogP contribution is -2.39. The summed E-state index contributed by atoms with van der Waals surface area (Å²) in [6.45, 7) is 0.845. The standard InChI is InChI=1S/C43H32IN5/c44-49-42(27-37(46-43(49)29-11-2-1-3-12-29)30-21-20-28-13-10-24-45-36(28)25-30)48-40-19-9-6-16-34(40)35-26-31(22-23-41(35)48)47-38-17-7-4-14-32(38)33-15-5-8-18-39(33)47/h1-23,25-27,42-43,45-46H,24H2. The van der Waals surface area contributed by atoms with Gasteiger partial charge in [0.25, 0.3) is 0 Å². The highest BCUT2D eigenvalue weighted by molar-refractivity contribution is 14.1. The Bertz CT molecular complexity index is 2580. The number of halogens is 1. The van der Waals surface area contributed by atoms with E-state index >= 15 is 0 Å². The molecule has 2 N–H and O–H groups in total. The van der Waals surface area contributed by atoms with E-state index in [4.69, 9.17) is 0 Å². The topological polar surface area (TPSA) is 37.2 Å². The molecule has 0 spiro atoms. The molecule has 10 rings (SSSR count). The molecule has 6 heteroatoms. The molecule has 0 saturated heterocycles. The van der Waals surface area contributed by atoms with Gasteiger partial charge in [-0.1, -0.05) is 109 Å². The zero-order valence-corrected chi connectivity index (χ0v) is 28.8. The summed E-state index contributed by atoms with van der Waals surface area (Å²) in [5.41, 5.74) is 11.9. The van der Waals surface area contributed by atoms with Crippen LogP contribution in [0.2, 0.25) is 0 Å². The maximum absolute atomic E-state index is 3.91. The summed E-state index contributed by atoms with van der Waals surface area (Å²) in [6, 6.07) is 50.8. The third-order valence-electron chi connectivity index (χ3n) is 10.1. The third kappa shape index (κ3) is 4.55. The third-order valence-corrected chi connectivity index (χ3v) is 11.2. The molecule has 4 heterocycles. The van der Waals surface area contributed by atoms with Gasteiger partial charge in [0.1, 0.15) is 12.3 Å². The molecule has 0 fully saturated rings. The summed E-state index contributed by atoms with van der Waals surface area (Å²) >= 11 is 2.53. The maximum Gasteiger partial charge on any atom is 0.119 e. The normalized spacial score (nSPS) is 17.7. The Balaban J connectivity index is 1.19. The second-order valence-corrected chi connectivity index (χ2v) is 14.0.